The van der Waals surface area contributed by atoms with Gasteiger partial charge in [0.25, 0.3) is 0 Å². The zero-order valence-electron chi connectivity index (χ0n) is 12.0. The van der Waals surface area contributed by atoms with Crippen molar-refractivity contribution in [2.75, 3.05) is 47.5 Å². The van der Waals surface area contributed by atoms with Crippen LogP contribution in [0, 0.1) is 5.92 Å². The second kappa shape index (κ2) is 7.07. The maximum Gasteiger partial charge on any atom is 0.327 e. The van der Waals surface area contributed by atoms with Gasteiger partial charge in [0.05, 0.1) is 13.7 Å². The number of nitrogens with zero attached hydrogens (tertiary/aromatic N) is 1. The van der Waals surface area contributed by atoms with E-state index in [2.05, 4.69) is 17.1 Å². The van der Waals surface area contributed by atoms with Gasteiger partial charge in [-0.15, -0.1) is 0 Å². The van der Waals surface area contributed by atoms with E-state index in [1.807, 2.05) is 7.05 Å². The fourth-order valence-electron chi connectivity index (χ4n) is 2.43. The van der Waals surface area contributed by atoms with Crippen molar-refractivity contribution in [3.05, 3.63) is 0 Å². The van der Waals surface area contributed by atoms with Crippen LogP contribution in [0.15, 0.2) is 0 Å². The number of hydrogen-bond donors (Lipinski definition) is 1. The smallest absolute Gasteiger partial charge is 0.327 e. The molecule has 0 aromatic rings. The van der Waals surface area contributed by atoms with Gasteiger partial charge < -0.3 is 14.8 Å². The standard InChI is InChI=1S/C13H26N2O3/c1-5-15(8-9-17-3)10-13(14-2,11-6-7-11)12(16)18-4/h11,14H,5-10H2,1-4H3. The first-order chi connectivity index (χ1) is 8.64. The first kappa shape index (κ1) is 15.4. The third kappa shape index (κ3) is 3.43. The Balaban J connectivity index is 2.72. The van der Waals surface area contributed by atoms with E-state index in [9.17, 15) is 4.79 Å². The summed E-state index contributed by atoms with van der Waals surface area (Å²) in [6, 6.07) is 0. The van der Waals surface area contributed by atoms with Gasteiger partial charge in [-0.2, -0.15) is 0 Å². The van der Waals surface area contributed by atoms with Crippen LogP contribution in [0.3, 0.4) is 0 Å². The number of esters is 1. The zero-order valence-corrected chi connectivity index (χ0v) is 12.0. The second-order valence-electron chi connectivity index (χ2n) is 4.85. The average molecular weight is 258 g/mol. The average Bonchev–Trinajstić information content (AvgIpc) is 3.23. The summed E-state index contributed by atoms with van der Waals surface area (Å²) in [5.41, 5.74) is -0.557. The van der Waals surface area contributed by atoms with Crippen LogP contribution < -0.4 is 5.32 Å². The first-order valence-corrected chi connectivity index (χ1v) is 6.63. The molecule has 5 heteroatoms. The number of rotatable bonds is 9. The molecule has 1 unspecified atom stereocenters. The van der Waals surface area contributed by atoms with E-state index in [-0.39, 0.29) is 5.97 Å². The van der Waals surface area contributed by atoms with Crippen LogP contribution in [-0.2, 0) is 14.3 Å². The fourth-order valence-corrected chi connectivity index (χ4v) is 2.43. The fraction of sp³-hybridized carbons (Fsp3) is 0.923. The molecular weight excluding hydrogens is 232 g/mol. The lowest BCUT2D eigenvalue weighted by Gasteiger charge is -2.35. The Labute approximate surface area is 110 Å². The Morgan fingerprint density at radius 3 is 2.50 bits per heavy atom. The molecule has 0 saturated heterocycles. The molecule has 0 aliphatic heterocycles. The van der Waals surface area contributed by atoms with Gasteiger partial charge >= 0.3 is 5.97 Å². The van der Waals surface area contributed by atoms with Crippen molar-refractivity contribution in [2.45, 2.75) is 25.3 Å². The van der Waals surface area contributed by atoms with Crippen LogP contribution in [0.5, 0.6) is 0 Å². The minimum Gasteiger partial charge on any atom is -0.468 e. The number of hydrogen-bond acceptors (Lipinski definition) is 5. The molecule has 0 radical (unpaired) electrons. The third-order valence-electron chi connectivity index (χ3n) is 3.80. The van der Waals surface area contributed by atoms with Crippen LogP contribution in [0.2, 0.25) is 0 Å². The van der Waals surface area contributed by atoms with Crippen molar-refractivity contribution in [3.8, 4) is 0 Å². The Kier molecular flexibility index (Phi) is 6.05. The minimum absolute atomic E-state index is 0.150. The molecule has 1 aliphatic carbocycles. The molecule has 1 saturated carbocycles. The van der Waals surface area contributed by atoms with Crippen LogP contribution in [0.4, 0.5) is 0 Å². The molecule has 0 heterocycles. The monoisotopic (exact) mass is 258 g/mol. The lowest BCUT2D eigenvalue weighted by Crippen LogP contribution is -2.60. The molecule has 0 amide bonds. The zero-order chi connectivity index (χ0) is 13.6. The van der Waals surface area contributed by atoms with Crippen molar-refractivity contribution in [1.82, 2.24) is 10.2 Å². The summed E-state index contributed by atoms with van der Waals surface area (Å²) in [4.78, 5) is 14.4. The van der Waals surface area contributed by atoms with Crippen molar-refractivity contribution >= 4 is 5.97 Å². The number of carbonyl (C=O) groups excluding carboxylic acids is 1. The van der Waals surface area contributed by atoms with Gasteiger partial charge in [-0.05, 0) is 32.4 Å². The molecular formula is C13H26N2O3. The van der Waals surface area contributed by atoms with Gasteiger partial charge in [0.2, 0.25) is 0 Å². The van der Waals surface area contributed by atoms with Gasteiger partial charge in [0, 0.05) is 20.2 Å². The van der Waals surface area contributed by atoms with Gasteiger partial charge in [-0.25, -0.2) is 4.79 Å². The summed E-state index contributed by atoms with van der Waals surface area (Å²) >= 11 is 0. The second-order valence-corrected chi connectivity index (χ2v) is 4.85. The third-order valence-corrected chi connectivity index (χ3v) is 3.80. The highest BCUT2D eigenvalue weighted by Crippen LogP contribution is 2.40. The van der Waals surface area contributed by atoms with E-state index in [0.29, 0.717) is 19.1 Å². The highest BCUT2D eigenvalue weighted by Gasteiger charge is 2.51. The topological polar surface area (TPSA) is 50.8 Å². The van der Waals surface area contributed by atoms with Crippen molar-refractivity contribution < 1.29 is 14.3 Å². The number of carbonyl (C=O) groups is 1. The predicted molar refractivity (Wildman–Crippen MR) is 70.5 cm³/mol. The van der Waals surface area contributed by atoms with Crippen LogP contribution >= 0.6 is 0 Å². The molecule has 1 N–H and O–H groups in total. The summed E-state index contributed by atoms with van der Waals surface area (Å²) in [6.45, 7) is 5.19. The quantitative estimate of drug-likeness (QED) is 0.610. The molecule has 1 aliphatic rings. The van der Waals surface area contributed by atoms with Gasteiger partial charge in [-0.1, -0.05) is 6.92 Å². The van der Waals surface area contributed by atoms with E-state index in [4.69, 9.17) is 9.47 Å². The minimum atomic E-state index is -0.557. The largest absolute Gasteiger partial charge is 0.468 e. The van der Waals surface area contributed by atoms with E-state index in [1.165, 1.54) is 7.11 Å². The molecule has 0 spiro atoms. The van der Waals surface area contributed by atoms with Crippen LogP contribution in [0.25, 0.3) is 0 Å². The van der Waals surface area contributed by atoms with Crippen molar-refractivity contribution in [3.63, 3.8) is 0 Å². The van der Waals surface area contributed by atoms with E-state index < -0.39 is 5.54 Å². The van der Waals surface area contributed by atoms with E-state index in [0.717, 1.165) is 25.9 Å². The van der Waals surface area contributed by atoms with Crippen molar-refractivity contribution in [1.29, 1.82) is 0 Å². The maximum absolute atomic E-state index is 12.1. The van der Waals surface area contributed by atoms with Gasteiger partial charge in [0.15, 0.2) is 0 Å². The number of nitrogens with one attached hydrogen (secondary N) is 1. The Morgan fingerprint density at radius 1 is 1.44 bits per heavy atom. The maximum atomic E-state index is 12.1. The first-order valence-electron chi connectivity index (χ1n) is 6.63. The number of methoxy groups -OCH3 is 2. The lowest BCUT2D eigenvalue weighted by molar-refractivity contribution is -0.150. The molecule has 18 heavy (non-hydrogen) atoms. The molecule has 5 nitrogen and oxygen atoms in total. The summed E-state index contributed by atoms with van der Waals surface area (Å²) in [5, 5.41) is 3.21. The lowest BCUT2D eigenvalue weighted by atomic mass is 9.92. The molecule has 106 valence electrons. The normalized spacial score (nSPS) is 18.7. The van der Waals surface area contributed by atoms with Gasteiger partial charge in [0.1, 0.15) is 5.54 Å². The van der Waals surface area contributed by atoms with Crippen molar-refractivity contribution in [2.24, 2.45) is 5.92 Å². The summed E-state index contributed by atoms with van der Waals surface area (Å²) < 4.78 is 10.1. The predicted octanol–water partition coefficient (Wildman–Crippen LogP) is 0.496. The molecule has 1 fully saturated rings. The Hall–Kier alpha value is -0.650. The summed E-state index contributed by atoms with van der Waals surface area (Å²) in [5.74, 6) is 0.245. The van der Waals surface area contributed by atoms with E-state index >= 15 is 0 Å². The Morgan fingerprint density at radius 2 is 2.11 bits per heavy atom. The van der Waals surface area contributed by atoms with Crippen LogP contribution in [-0.4, -0.2) is 63.9 Å². The summed E-state index contributed by atoms with van der Waals surface area (Å²) in [6.07, 6.45) is 2.19. The van der Waals surface area contributed by atoms with Crippen LogP contribution in [0.1, 0.15) is 19.8 Å². The highest BCUT2D eigenvalue weighted by molar-refractivity contribution is 5.82. The molecule has 0 aromatic heterocycles. The highest BCUT2D eigenvalue weighted by atomic mass is 16.5. The molecule has 1 rings (SSSR count). The SMILES string of the molecule is CCN(CCOC)CC(NC)(C(=O)OC)C1CC1. The Bertz CT molecular complexity index is 269. The molecule has 1 atom stereocenters. The van der Waals surface area contributed by atoms with E-state index in [1.54, 1.807) is 7.11 Å². The van der Waals surface area contributed by atoms with Gasteiger partial charge in [-0.3, -0.25) is 4.90 Å². The molecule has 0 bridgehead atoms. The molecule has 0 aromatic carbocycles. The number of likely N-dealkylation sites (N-methyl/N-ethyl adjacent to an activating group) is 2. The summed E-state index contributed by atoms with van der Waals surface area (Å²) in [7, 11) is 5.00. The number of ether oxygens (including phenoxy) is 2.